The fourth-order valence-corrected chi connectivity index (χ4v) is 4.74. The summed E-state index contributed by atoms with van der Waals surface area (Å²) in [5, 5.41) is 13.2. The molecule has 6 heteroatoms. The Morgan fingerprint density at radius 2 is 1.88 bits per heavy atom. The summed E-state index contributed by atoms with van der Waals surface area (Å²) in [6.07, 6.45) is 3.12. The van der Waals surface area contributed by atoms with Crippen molar-refractivity contribution >= 4 is 11.5 Å². The number of carbonyl (C=O) groups is 1. The first kappa shape index (κ1) is 16.9. The molecule has 2 aliphatic heterocycles. The molecule has 2 heterocycles. The van der Waals surface area contributed by atoms with Gasteiger partial charge in [0.25, 0.3) is 0 Å². The maximum atomic E-state index is 12.5. The Balaban J connectivity index is 1.89. The number of ether oxygens (including phenoxy) is 2. The lowest BCUT2D eigenvalue weighted by molar-refractivity contribution is -0.116. The van der Waals surface area contributed by atoms with Gasteiger partial charge in [0.15, 0.2) is 17.3 Å². The third-order valence-electron chi connectivity index (χ3n) is 5.92. The van der Waals surface area contributed by atoms with E-state index in [0.29, 0.717) is 23.5 Å². The molecule has 1 aliphatic carbocycles. The van der Waals surface area contributed by atoms with Gasteiger partial charge in [-0.1, -0.05) is 12.1 Å². The summed E-state index contributed by atoms with van der Waals surface area (Å²) in [5.74, 6) is 1.44. The molecular weight excluding hydrogens is 332 g/mol. The van der Waals surface area contributed by atoms with E-state index < -0.39 is 0 Å². The molecule has 0 spiro atoms. The fraction of sp³-hybridized carbons (Fsp3) is 0.500. The van der Waals surface area contributed by atoms with Crippen LogP contribution in [0, 0.1) is 5.92 Å². The van der Waals surface area contributed by atoms with E-state index in [1.54, 1.807) is 14.2 Å². The highest BCUT2D eigenvalue weighted by atomic mass is 16.5. The average Bonchev–Trinajstić information content (AvgIpc) is 2.67. The zero-order valence-corrected chi connectivity index (χ0v) is 15.4. The summed E-state index contributed by atoms with van der Waals surface area (Å²) in [5.41, 5.74) is 4.59. The number of rotatable bonds is 2. The lowest BCUT2D eigenvalue weighted by atomic mass is 9.74. The van der Waals surface area contributed by atoms with Gasteiger partial charge < -0.3 is 19.6 Å². The van der Waals surface area contributed by atoms with Crippen LogP contribution < -0.4 is 9.47 Å². The van der Waals surface area contributed by atoms with Crippen molar-refractivity contribution in [3.8, 4) is 11.5 Å². The summed E-state index contributed by atoms with van der Waals surface area (Å²) in [6.45, 7) is 2.88. The van der Waals surface area contributed by atoms with Crippen LogP contribution in [-0.2, 0) is 11.2 Å². The van der Waals surface area contributed by atoms with Crippen molar-refractivity contribution in [1.82, 2.24) is 4.90 Å². The predicted octanol–water partition coefficient (Wildman–Crippen LogP) is 3.09. The smallest absolute Gasteiger partial charge is 0.166 e. The van der Waals surface area contributed by atoms with Crippen LogP contribution in [0.3, 0.4) is 0 Å². The van der Waals surface area contributed by atoms with Crippen molar-refractivity contribution in [2.45, 2.75) is 38.6 Å². The first-order chi connectivity index (χ1) is 12.6. The second-order valence-electron chi connectivity index (χ2n) is 7.17. The Morgan fingerprint density at radius 1 is 1.15 bits per heavy atom. The number of allylic oxidation sites excluding steroid dienone is 2. The maximum Gasteiger partial charge on any atom is 0.166 e. The second kappa shape index (κ2) is 6.34. The molecule has 0 fully saturated rings. The van der Waals surface area contributed by atoms with Gasteiger partial charge in [-0.25, -0.2) is 0 Å². The molecule has 0 amide bonds. The molecule has 4 rings (SSSR count). The fourth-order valence-electron chi connectivity index (χ4n) is 4.74. The average molecular weight is 356 g/mol. The quantitative estimate of drug-likeness (QED) is 0.651. The zero-order valence-electron chi connectivity index (χ0n) is 15.4. The SMILES string of the molecule is COc1cc2c(cc1OC)[C@H]1[C@H](C)/C(=N/O)C3=C(CCCC3=O)N1CC2. The molecule has 0 saturated heterocycles. The summed E-state index contributed by atoms with van der Waals surface area (Å²) < 4.78 is 11.0. The lowest BCUT2D eigenvalue weighted by Crippen LogP contribution is -2.47. The van der Waals surface area contributed by atoms with Crippen molar-refractivity contribution in [1.29, 1.82) is 0 Å². The van der Waals surface area contributed by atoms with E-state index in [-0.39, 0.29) is 17.7 Å². The van der Waals surface area contributed by atoms with E-state index in [1.165, 1.54) is 5.56 Å². The number of ketones is 1. The van der Waals surface area contributed by atoms with E-state index in [0.717, 1.165) is 42.8 Å². The molecular formula is C20H24N2O4. The van der Waals surface area contributed by atoms with Crippen LogP contribution in [0.15, 0.2) is 28.6 Å². The number of oxime groups is 1. The van der Waals surface area contributed by atoms with Gasteiger partial charge >= 0.3 is 0 Å². The van der Waals surface area contributed by atoms with Gasteiger partial charge in [0, 0.05) is 24.6 Å². The van der Waals surface area contributed by atoms with Gasteiger partial charge in [0.1, 0.15) is 0 Å². The van der Waals surface area contributed by atoms with Crippen molar-refractivity contribution in [3.63, 3.8) is 0 Å². The number of fused-ring (bicyclic) bond motifs is 4. The number of nitrogens with zero attached hydrogens (tertiary/aromatic N) is 2. The number of carbonyl (C=O) groups excluding carboxylic acids is 1. The van der Waals surface area contributed by atoms with Gasteiger partial charge in [0.05, 0.1) is 31.5 Å². The molecule has 1 N–H and O–H groups in total. The Bertz CT molecular complexity index is 827. The van der Waals surface area contributed by atoms with Crippen LogP contribution in [-0.4, -0.2) is 42.4 Å². The normalized spacial score (nSPS) is 26.3. The minimum absolute atomic E-state index is 0.0362. The van der Waals surface area contributed by atoms with Gasteiger partial charge in [-0.3, -0.25) is 4.79 Å². The second-order valence-corrected chi connectivity index (χ2v) is 7.17. The van der Waals surface area contributed by atoms with Crippen molar-refractivity contribution in [2.24, 2.45) is 11.1 Å². The highest BCUT2D eigenvalue weighted by Crippen LogP contribution is 2.48. The summed E-state index contributed by atoms with van der Waals surface area (Å²) in [7, 11) is 3.28. The number of methoxy groups -OCH3 is 2. The molecule has 3 aliphatic rings. The van der Waals surface area contributed by atoms with Crippen LogP contribution in [0.4, 0.5) is 0 Å². The topological polar surface area (TPSA) is 71.4 Å². The van der Waals surface area contributed by atoms with Crippen molar-refractivity contribution in [2.75, 3.05) is 20.8 Å². The molecule has 0 unspecified atom stereocenters. The van der Waals surface area contributed by atoms with Crippen LogP contribution in [0.25, 0.3) is 0 Å². The minimum Gasteiger partial charge on any atom is -0.493 e. The number of hydrogen-bond acceptors (Lipinski definition) is 6. The van der Waals surface area contributed by atoms with E-state index in [2.05, 4.69) is 10.1 Å². The summed E-state index contributed by atoms with van der Waals surface area (Å²) in [6, 6.07) is 4.12. The molecule has 26 heavy (non-hydrogen) atoms. The monoisotopic (exact) mass is 356 g/mol. The molecule has 0 aromatic heterocycles. The molecule has 1 aromatic rings. The van der Waals surface area contributed by atoms with Gasteiger partial charge in [0.2, 0.25) is 0 Å². The van der Waals surface area contributed by atoms with Crippen LogP contribution in [0.1, 0.15) is 43.4 Å². The third kappa shape index (κ3) is 2.31. The van der Waals surface area contributed by atoms with Crippen LogP contribution in [0.2, 0.25) is 0 Å². The Hall–Kier alpha value is -2.50. The Labute approximate surface area is 153 Å². The lowest BCUT2D eigenvalue weighted by Gasteiger charge is -2.48. The first-order valence-corrected chi connectivity index (χ1v) is 9.10. The van der Waals surface area contributed by atoms with E-state index >= 15 is 0 Å². The number of hydrogen-bond donors (Lipinski definition) is 1. The molecule has 2 atom stereocenters. The Morgan fingerprint density at radius 3 is 2.58 bits per heavy atom. The number of benzene rings is 1. The van der Waals surface area contributed by atoms with Crippen LogP contribution in [0.5, 0.6) is 11.5 Å². The standard InChI is InChI=1S/C20H24N2O4/c1-11-19(21-24)18-14(5-4-6-15(18)23)22-8-7-12-9-16(25-2)17(26-3)10-13(12)20(11)22/h9-11,20,24H,4-8H2,1-3H3/b21-19-/t11-,20-/m1/s1. The molecule has 0 bridgehead atoms. The molecule has 1 aromatic carbocycles. The van der Waals surface area contributed by atoms with Gasteiger partial charge in [-0.2, -0.15) is 0 Å². The number of Topliss-reactive ketones (excluding diaryl/α,β-unsaturated/α-hetero) is 1. The highest BCUT2D eigenvalue weighted by molar-refractivity contribution is 6.24. The first-order valence-electron chi connectivity index (χ1n) is 9.10. The van der Waals surface area contributed by atoms with E-state index in [9.17, 15) is 10.0 Å². The minimum atomic E-state index is -0.0852. The zero-order chi connectivity index (χ0) is 18.4. The predicted molar refractivity (Wildman–Crippen MR) is 97.0 cm³/mol. The largest absolute Gasteiger partial charge is 0.493 e. The summed E-state index contributed by atoms with van der Waals surface area (Å²) >= 11 is 0. The van der Waals surface area contributed by atoms with Crippen LogP contribution >= 0.6 is 0 Å². The third-order valence-corrected chi connectivity index (χ3v) is 5.92. The molecule has 0 saturated carbocycles. The van der Waals surface area contributed by atoms with E-state index in [1.807, 2.05) is 19.1 Å². The van der Waals surface area contributed by atoms with Crippen molar-refractivity contribution < 1.29 is 19.5 Å². The molecule has 0 radical (unpaired) electrons. The van der Waals surface area contributed by atoms with Gasteiger partial charge in [-0.05, 0) is 42.5 Å². The van der Waals surface area contributed by atoms with Gasteiger partial charge in [-0.15, -0.1) is 0 Å². The molecule has 6 nitrogen and oxygen atoms in total. The Kier molecular flexibility index (Phi) is 4.13. The maximum absolute atomic E-state index is 12.5. The van der Waals surface area contributed by atoms with E-state index in [4.69, 9.17) is 9.47 Å². The summed E-state index contributed by atoms with van der Waals surface area (Å²) in [4.78, 5) is 14.9. The highest BCUT2D eigenvalue weighted by Gasteiger charge is 2.44. The molecule has 138 valence electrons. The van der Waals surface area contributed by atoms with Crippen molar-refractivity contribution in [3.05, 3.63) is 34.5 Å².